The third-order valence-electron chi connectivity index (χ3n) is 3.72. The summed E-state index contributed by atoms with van der Waals surface area (Å²) >= 11 is 0. The van der Waals surface area contributed by atoms with Crippen LogP contribution in [0.25, 0.3) is 0 Å². The summed E-state index contributed by atoms with van der Waals surface area (Å²) in [5.41, 5.74) is 1.89. The van der Waals surface area contributed by atoms with Crippen LogP contribution in [-0.2, 0) is 0 Å². The first kappa shape index (κ1) is 13.6. The maximum Gasteiger partial charge on any atom is 0.257 e. The molecule has 1 aliphatic rings. The number of benzene rings is 1. The lowest BCUT2D eigenvalue weighted by molar-refractivity contribution is 0.0492. The van der Waals surface area contributed by atoms with Gasteiger partial charge in [-0.2, -0.15) is 5.10 Å². The fourth-order valence-corrected chi connectivity index (χ4v) is 2.64. The van der Waals surface area contributed by atoms with Gasteiger partial charge in [0.15, 0.2) is 0 Å². The summed E-state index contributed by atoms with van der Waals surface area (Å²) in [6.07, 6.45) is 0. The zero-order valence-corrected chi connectivity index (χ0v) is 11.9. The molecule has 1 saturated heterocycles. The number of aryl methyl sites for hydroxylation is 2. The largest absolute Gasteiger partial charge is 0.508 e. The molecule has 0 atom stereocenters. The molecule has 6 heteroatoms. The van der Waals surface area contributed by atoms with Crippen LogP contribution in [0.2, 0.25) is 0 Å². The number of carbonyl (C=O) groups excluding carboxylic acids is 1. The molecule has 3 rings (SSSR count). The number of likely N-dealkylation sites (tertiary alicyclic amines) is 1. The van der Waals surface area contributed by atoms with E-state index in [9.17, 15) is 14.3 Å². The lowest BCUT2D eigenvalue weighted by atomic mass is 10.1. The van der Waals surface area contributed by atoms with Crippen molar-refractivity contribution in [3.05, 3.63) is 47.0 Å². The van der Waals surface area contributed by atoms with Crippen LogP contribution in [0.4, 0.5) is 4.39 Å². The molecular formula is C15H16FN3O2. The molecule has 1 amide bonds. The minimum atomic E-state index is -0.618. The SMILES string of the molecule is Cc1cc(C)n(C2CN(C(=O)c3cc(O)ccc3F)C2)n1. The normalized spacial score (nSPS) is 15.1. The summed E-state index contributed by atoms with van der Waals surface area (Å²) in [6, 6.07) is 5.60. The van der Waals surface area contributed by atoms with Crippen LogP contribution < -0.4 is 0 Å². The third-order valence-corrected chi connectivity index (χ3v) is 3.72. The van der Waals surface area contributed by atoms with Crippen molar-refractivity contribution in [1.82, 2.24) is 14.7 Å². The molecule has 2 heterocycles. The number of aromatic hydroxyl groups is 1. The molecule has 2 aromatic rings. The molecule has 0 spiro atoms. The van der Waals surface area contributed by atoms with Gasteiger partial charge in [0.1, 0.15) is 11.6 Å². The van der Waals surface area contributed by atoms with Crippen LogP contribution >= 0.6 is 0 Å². The number of rotatable bonds is 2. The zero-order valence-electron chi connectivity index (χ0n) is 11.9. The highest BCUT2D eigenvalue weighted by molar-refractivity contribution is 5.95. The second-order valence-electron chi connectivity index (χ2n) is 5.40. The van der Waals surface area contributed by atoms with Gasteiger partial charge in [0.25, 0.3) is 5.91 Å². The van der Waals surface area contributed by atoms with Gasteiger partial charge >= 0.3 is 0 Å². The van der Waals surface area contributed by atoms with E-state index in [4.69, 9.17) is 0 Å². The molecule has 1 fully saturated rings. The van der Waals surface area contributed by atoms with Crippen LogP contribution in [0.3, 0.4) is 0 Å². The van der Waals surface area contributed by atoms with Gasteiger partial charge in [-0.3, -0.25) is 9.48 Å². The highest BCUT2D eigenvalue weighted by Crippen LogP contribution is 2.26. The number of hydrogen-bond donors (Lipinski definition) is 1. The molecule has 1 aliphatic heterocycles. The van der Waals surface area contributed by atoms with E-state index < -0.39 is 11.7 Å². The molecule has 0 aliphatic carbocycles. The van der Waals surface area contributed by atoms with E-state index >= 15 is 0 Å². The lowest BCUT2D eigenvalue weighted by Crippen LogP contribution is -2.51. The Kier molecular flexibility index (Phi) is 3.16. The first-order chi connectivity index (χ1) is 9.95. The molecule has 0 bridgehead atoms. The summed E-state index contributed by atoms with van der Waals surface area (Å²) in [4.78, 5) is 13.8. The molecule has 1 aromatic carbocycles. The second kappa shape index (κ2) is 4.87. The average molecular weight is 289 g/mol. The highest BCUT2D eigenvalue weighted by Gasteiger charge is 2.34. The standard InChI is InChI=1S/C15H16FN3O2/c1-9-5-10(2)19(17-9)11-7-18(8-11)15(21)13-6-12(20)3-4-14(13)16/h3-6,11,20H,7-8H2,1-2H3. The van der Waals surface area contributed by atoms with Crippen LogP contribution in [0.1, 0.15) is 27.8 Å². The van der Waals surface area contributed by atoms with Gasteiger partial charge in [-0.1, -0.05) is 0 Å². The highest BCUT2D eigenvalue weighted by atomic mass is 19.1. The molecule has 1 N–H and O–H groups in total. The Labute approximate surface area is 121 Å². The van der Waals surface area contributed by atoms with Crippen molar-refractivity contribution in [3.8, 4) is 5.75 Å². The van der Waals surface area contributed by atoms with Crippen LogP contribution in [0.5, 0.6) is 5.75 Å². The predicted octanol–water partition coefficient (Wildman–Crippen LogP) is 2.04. The number of phenolic OH excluding ortho intramolecular Hbond substituents is 1. The van der Waals surface area contributed by atoms with E-state index in [-0.39, 0.29) is 17.4 Å². The monoisotopic (exact) mass is 289 g/mol. The van der Waals surface area contributed by atoms with E-state index in [1.54, 1.807) is 4.90 Å². The zero-order chi connectivity index (χ0) is 15.1. The fourth-order valence-electron chi connectivity index (χ4n) is 2.64. The number of hydrogen-bond acceptors (Lipinski definition) is 3. The van der Waals surface area contributed by atoms with Crippen molar-refractivity contribution in [1.29, 1.82) is 0 Å². The summed E-state index contributed by atoms with van der Waals surface area (Å²) < 4.78 is 15.6. The summed E-state index contributed by atoms with van der Waals surface area (Å²) in [6.45, 7) is 4.89. The number of nitrogens with zero attached hydrogens (tertiary/aromatic N) is 3. The predicted molar refractivity (Wildman–Crippen MR) is 74.7 cm³/mol. The fraction of sp³-hybridized carbons (Fsp3) is 0.333. The Morgan fingerprint density at radius 3 is 2.67 bits per heavy atom. The first-order valence-corrected chi connectivity index (χ1v) is 6.76. The Morgan fingerprint density at radius 1 is 1.33 bits per heavy atom. The number of aromatic nitrogens is 2. The van der Waals surface area contributed by atoms with Crippen LogP contribution in [-0.4, -0.2) is 38.8 Å². The molecule has 5 nitrogen and oxygen atoms in total. The Morgan fingerprint density at radius 2 is 2.05 bits per heavy atom. The van der Waals surface area contributed by atoms with Gasteiger partial charge in [0.2, 0.25) is 0 Å². The minimum Gasteiger partial charge on any atom is -0.508 e. The van der Waals surface area contributed by atoms with Crippen LogP contribution in [0.15, 0.2) is 24.3 Å². The molecule has 0 unspecified atom stereocenters. The van der Waals surface area contributed by atoms with Gasteiger partial charge in [0, 0.05) is 18.8 Å². The second-order valence-corrected chi connectivity index (χ2v) is 5.40. The lowest BCUT2D eigenvalue weighted by Gasteiger charge is -2.39. The van der Waals surface area contributed by atoms with Crippen molar-refractivity contribution in [2.45, 2.75) is 19.9 Å². The van der Waals surface area contributed by atoms with E-state index in [1.807, 2.05) is 24.6 Å². The van der Waals surface area contributed by atoms with Gasteiger partial charge in [0.05, 0.1) is 17.3 Å². The quantitative estimate of drug-likeness (QED) is 0.920. The first-order valence-electron chi connectivity index (χ1n) is 6.76. The topological polar surface area (TPSA) is 58.4 Å². The van der Waals surface area contributed by atoms with E-state index in [0.29, 0.717) is 13.1 Å². The van der Waals surface area contributed by atoms with Gasteiger partial charge in [-0.05, 0) is 38.1 Å². The third kappa shape index (κ3) is 2.37. The number of carbonyl (C=O) groups is 1. The van der Waals surface area contributed by atoms with E-state index in [1.165, 1.54) is 6.07 Å². The van der Waals surface area contributed by atoms with Crippen molar-refractivity contribution in [3.63, 3.8) is 0 Å². The molecule has 0 radical (unpaired) electrons. The minimum absolute atomic E-state index is 0.0955. The Bertz CT molecular complexity index is 705. The van der Waals surface area contributed by atoms with Gasteiger partial charge in [-0.25, -0.2) is 4.39 Å². The number of halogens is 1. The molecule has 110 valence electrons. The Hall–Kier alpha value is -2.37. The van der Waals surface area contributed by atoms with Crippen molar-refractivity contribution in [2.24, 2.45) is 0 Å². The van der Waals surface area contributed by atoms with E-state index in [0.717, 1.165) is 23.5 Å². The van der Waals surface area contributed by atoms with Gasteiger partial charge in [-0.15, -0.1) is 0 Å². The number of amides is 1. The molecular weight excluding hydrogens is 273 g/mol. The number of phenols is 1. The van der Waals surface area contributed by atoms with Crippen LogP contribution in [0, 0.1) is 19.7 Å². The average Bonchev–Trinajstić information content (AvgIpc) is 2.69. The van der Waals surface area contributed by atoms with Crippen molar-refractivity contribution >= 4 is 5.91 Å². The summed E-state index contributed by atoms with van der Waals surface area (Å²) in [5.74, 6) is -1.14. The maximum atomic E-state index is 13.7. The smallest absolute Gasteiger partial charge is 0.257 e. The van der Waals surface area contributed by atoms with Crippen molar-refractivity contribution < 1.29 is 14.3 Å². The Balaban J connectivity index is 1.72. The molecule has 21 heavy (non-hydrogen) atoms. The summed E-state index contributed by atoms with van der Waals surface area (Å²) in [7, 11) is 0. The maximum absolute atomic E-state index is 13.7. The van der Waals surface area contributed by atoms with Gasteiger partial charge < -0.3 is 10.0 Å². The summed E-state index contributed by atoms with van der Waals surface area (Å²) in [5, 5.41) is 13.8. The van der Waals surface area contributed by atoms with Crippen molar-refractivity contribution in [2.75, 3.05) is 13.1 Å². The molecule has 0 saturated carbocycles. The molecule has 1 aromatic heterocycles. The van der Waals surface area contributed by atoms with E-state index in [2.05, 4.69) is 5.10 Å².